The van der Waals surface area contributed by atoms with E-state index >= 15 is 0 Å². The van der Waals surface area contributed by atoms with Crippen molar-refractivity contribution in [3.8, 4) is 0 Å². The first kappa shape index (κ1) is 14.5. The van der Waals surface area contributed by atoms with Crippen LogP contribution in [-0.4, -0.2) is 16.5 Å². The molecule has 1 unspecified atom stereocenters. The Morgan fingerprint density at radius 3 is 2.89 bits per heavy atom. The van der Waals surface area contributed by atoms with Crippen LogP contribution in [0.25, 0.3) is 0 Å². The van der Waals surface area contributed by atoms with Gasteiger partial charge < -0.3 is 5.32 Å². The molecule has 0 fully saturated rings. The Balaban J connectivity index is 2.29. The van der Waals surface area contributed by atoms with Crippen molar-refractivity contribution in [2.24, 2.45) is 0 Å². The highest BCUT2D eigenvalue weighted by Crippen LogP contribution is 2.33. The van der Waals surface area contributed by atoms with E-state index < -0.39 is 0 Å². The van der Waals surface area contributed by atoms with E-state index in [2.05, 4.69) is 63.3 Å². The van der Waals surface area contributed by atoms with E-state index in [1.54, 1.807) is 30.4 Å². The van der Waals surface area contributed by atoms with E-state index in [0.29, 0.717) is 6.04 Å². The van der Waals surface area contributed by atoms with Crippen LogP contribution in [-0.2, 0) is 0 Å². The molecule has 2 aromatic rings. The topological polar surface area (TPSA) is 37.8 Å². The minimum Gasteiger partial charge on any atom is -0.310 e. The Morgan fingerprint density at radius 2 is 2.21 bits per heavy atom. The Bertz CT molecular complexity index is 533. The largest absolute Gasteiger partial charge is 0.310 e. The van der Waals surface area contributed by atoms with Crippen molar-refractivity contribution >= 4 is 27.7 Å². The minimum atomic E-state index is 0.307. The lowest BCUT2D eigenvalue weighted by Crippen LogP contribution is -2.18. The second-order valence-electron chi connectivity index (χ2n) is 4.11. The molecule has 0 bridgehead atoms. The molecule has 1 N–H and O–H groups in total. The van der Waals surface area contributed by atoms with Crippen LogP contribution in [0.4, 0.5) is 0 Å². The molecule has 0 amide bonds. The second-order valence-corrected chi connectivity index (χ2v) is 6.09. The summed E-state index contributed by atoms with van der Waals surface area (Å²) in [6.07, 6.45) is 5.19. The molecule has 19 heavy (non-hydrogen) atoms. The molecule has 0 aliphatic heterocycles. The fourth-order valence-electron chi connectivity index (χ4n) is 1.82. The zero-order valence-electron chi connectivity index (χ0n) is 10.9. The third-order valence-corrected chi connectivity index (χ3v) is 4.21. The summed E-state index contributed by atoms with van der Waals surface area (Å²) in [5.74, 6) is 0. The van der Waals surface area contributed by atoms with Crippen LogP contribution in [0.1, 0.15) is 25.5 Å². The van der Waals surface area contributed by atoms with Crippen molar-refractivity contribution in [3.05, 3.63) is 46.8 Å². The quantitative estimate of drug-likeness (QED) is 0.892. The van der Waals surface area contributed by atoms with E-state index in [0.717, 1.165) is 16.0 Å². The highest BCUT2D eigenvalue weighted by molar-refractivity contribution is 9.10. The molecule has 2 rings (SSSR count). The van der Waals surface area contributed by atoms with Crippen LogP contribution in [0.15, 0.2) is 51.2 Å². The summed E-state index contributed by atoms with van der Waals surface area (Å²) in [4.78, 5) is 9.62. The predicted molar refractivity (Wildman–Crippen MR) is 82.4 cm³/mol. The minimum absolute atomic E-state index is 0.307. The summed E-state index contributed by atoms with van der Waals surface area (Å²) in [5.41, 5.74) is 1.27. The van der Waals surface area contributed by atoms with Gasteiger partial charge in [0.25, 0.3) is 0 Å². The molecular formula is C14H16BrN3S. The standard InChI is InChI=1S/C14H16BrN3S/c1-3-17-10(2)12-8-11(15)4-5-13(12)19-14-9-16-6-7-18-14/h4-10,17H,3H2,1-2H3. The van der Waals surface area contributed by atoms with Gasteiger partial charge in [0.1, 0.15) is 5.03 Å². The summed E-state index contributed by atoms with van der Waals surface area (Å²) < 4.78 is 1.09. The number of hydrogen-bond acceptors (Lipinski definition) is 4. The summed E-state index contributed by atoms with van der Waals surface area (Å²) in [6, 6.07) is 6.64. The third-order valence-electron chi connectivity index (χ3n) is 2.70. The van der Waals surface area contributed by atoms with Crippen LogP contribution in [0.5, 0.6) is 0 Å². The first-order valence-electron chi connectivity index (χ1n) is 6.17. The Hall–Kier alpha value is -0.910. The van der Waals surface area contributed by atoms with Crippen molar-refractivity contribution in [3.63, 3.8) is 0 Å². The van der Waals surface area contributed by atoms with Crippen LogP contribution >= 0.6 is 27.7 Å². The Labute approximate surface area is 126 Å². The van der Waals surface area contributed by atoms with Crippen molar-refractivity contribution in [2.75, 3.05) is 6.54 Å². The summed E-state index contributed by atoms with van der Waals surface area (Å²) in [5, 5.41) is 4.36. The van der Waals surface area contributed by atoms with Gasteiger partial charge in [-0.1, -0.05) is 34.6 Å². The Kier molecular flexibility index (Phi) is 5.36. The average molecular weight is 338 g/mol. The number of rotatable bonds is 5. The molecular weight excluding hydrogens is 322 g/mol. The molecule has 0 radical (unpaired) electrons. The van der Waals surface area contributed by atoms with E-state index in [9.17, 15) is 0 Å². The van der Waals surface area contributed by atoms with Gasteiger partial charge in [-0.2, -0.15) is 0 Å². The maximum Gasteiger partial charge on any atom is 0.119 e. The fraction of sp³-hybridized carbons (Fsp3) is 0.286. The highest BCUT2D eigenvalue weighted by Gasteiger charge is 2.12. The molecule has 5 heteroatoms. The molecule has 0 saturated heterocycles. The second kappa shape index (κ2) is 7.03. The number of benzene rings is 1. The maximum atomic E-state index is 4.31. The molecule has 0 saturated carbocycles. The molecule has 1 aromatic carbocycles. The molecule has 1 heterocycles. The monoisotopic (exact) mass is 337 g/mol. The van der Waals surface area contributed by atoms with Crippen molar-refractivity contribution in [2.45, 2.75) is 29.8 Å². The fourth-order valence-corrected chi connectivity index (χ4v) is 3.14. The lowest BCUT2D eigenvalue weighted by molar-refractivity contribution is 0.589. The molecule has 100 valence electrons. The molecule has 0 spiro atoms. The van der Waals surface area contributed by atoms with Gasteiger partial charge in [-0.3, -0.25) is 4.98 Å². The van der Waals surface area contributed by atoms with Gasteiger partial charge >= 0.3 is 0 Å². The maximum absolute atomic E-state index is 4.31. The zero-order chi connectivity index (χ0) is 13.7. The molecule has 0 aliphatic carbocycles. The lowest BCUT2D eigenvalue weighted by atomic mass is 10.1. The molecule has 3 nitrogen and oxygen atoms in total. The third kappa shape index (κ3) is 4.03. The van der Waals surface area contributed by atoms with E-state index in [1.807, 2.05) is 0 Å². The molecule has 1 aromatic heterocycles. The first-order valence-corrected chi connectivity index (χ1v) is 7.78. The summed E-state index contributed by atoms with van der Waals surface area (Å²) >= 11 is 5.18. The number of nitrogens with one attached hydrogen (secondary N) is 1. The first-order chi connectivity index (χ1) is 9.20. The van der Waals surface area contributed by atoms with Crippen molar-refractivity contribution in [1.29, 1.82) is 0 Å². The van der Waals surface area contributed by atoms with Gasteiger partial charge in [0.2, 0.25) is 0 Å². The van der Waals surface area contributed by atoms with Crippen molar-refractivity contribution < 1.29 is 0 Å². The lowest BCUT2D eigenvalue weighted by Gasteiger charge is -2.17. The van der Waals surface area contributed by atoms with Crippen molar-refractivity contribution in [1.82, 2.24) is 15.3 Å². The SMILES string of the molecule is CCNC(C)c1cc(Br)ccc1Sc1cnccn1. The van der Waals surface area contributed by atoms with Crippen LogP contribution in [0.3, 0.4) is 0 Å². The van der Waals surface area contributed by atoms with E-state index in [1.165, 1.54) is 10.5 Å². The van der Waals surface area contributed by atoms with Gasteiger partial charge in [-0.15, -0.1) is 0 Å². The number of nitrogens with zero attached hydrogens (tertiary/aromatic N) is 2. The normalized spacial score (nSPS) is 12.4. The summed E-state index contributed by atoms with van der Waals surface area (Å²) in [6.45, 7) is 5.24. The van der Waals surface area contributed by atoms with Crippen LogP contribution in [0, 0.1) is 0 Å². The molecule has 0 aliphatic rings. The van der Waals surface area contributed by atoms with Gasteiger partial charge in [0.15, 0.2) is 0 Å². The number of halogens is 1. The van der Waals surface area contributed by atoms with Gasteiger partial charge in [0.05, 0.1) is 6.20 Å². The Morgan fingerprint density at radius 1 is 1.37 bits per heavy atom. The average Bonchev–Trinajstić information content (AvgIpc) is 2.42. The van der Waals surface area contributed by atoms with Gasteiger partial charge in [-0.25, -0.2) is 4.98 Å². The van der Waals surface area contributed by atoms with Crippen LogP contribution < -0.4 is 5.32 Å². The predicted octanol–water partition coefficient (Wildman–Crippen LogP) is 4.06. The molecule has 1 atom stereocenters. The highest BCUT2D eigenvalue weighted by atomic mass is 79.9. The zero-order valence-corrected chi connectivity index (χ0v) is 13.3. The van der Waals surface area contributed by atoms with Crippen LogP contribution in [0.2, 0.25) is 0 Å². The number of hydrogen-bond donors (Lipinski definition) is 1. The van der Waals surface area contributed by atoms with E-state index in [4.69, 9.17) is 0 Å². The smallest absolute Gasteiger partial charge is 0.119 e. The van der Waals surface area contributed by atoms with Gasteiger partial charge in [0, 0.05) is 27.8 Å². The summed E-state index contributed by atoms with van der Waals surface area (Å²) in [7, 11) is 0. The number of aromatic nitrogens is 2. The van der Waals surface area contributed by atoms with E-state index in [-0.39, 0.29) is 0 Å². The van der Waals surface area contributed by atoms with Gasteiger partial charge in [-0.05, 0) is 37.2 Å².